The molecule has 2 aliphatic rings. The average molecular weight is 1220 g/mol. The highest BCUT2D eigenvalue weighted by molar-refractivity contribution is 6.74. The molecule has 0 N–H and O–H groups in total. The fraction of sp³-hybridized carbons (Fsp3) is 0.611. The smallest absolute Gasteiger partial charge is 0.191 e. The van der Waals surface area contributed by atoms with E-state index in [1.807, 2.05) is 48.5 Å². The van der Waals surface area contributed by atoms with Gasteiger partial charge in [0.15, 0.2) is 43.8 Å². The number of hydrogen-bond donors (Lipinski definition) is 0. The lowest BCUT2D eigenvalue weighted by Crippen LogP contribution is -2.40. The standard InChI is InChI=1S/C37H56O6Si.C35H52O6Si/c1-36(2,3)44(7,8)43-25-17-15-13-11-9-10-12-14-16-18-34-33-24-23-32(42-29-39-6)26-35(33)40-27-37(34,4)30-19-21-31(22-20-30)41-28-38-5;1-34(2,3)42(7,8)41-23-15-13-11-9-10-12-14-16-32-31-22-21-30(40-27-37-6)24-33(31)38-25-35(32,4)28-17-19-29(20-18-28)39-26-36-5/h19-24,26,34H,9-15,17,25,27-29H2,1-8H3;17-22,24,32H,9-13,15,23,25-27H2,1-8H3. The van der Waals surface area contributed by atoms with Gasteiger partial charge in [-0.3, -0.25) is 0 Å². The second kappa shape index (κ2) is 35.3. The van der Waals surface area contributed by atoms with Crippen molar-refractivity contribution in [1.29, 1.82) is 0 Å². The van der Waals surface area contributed by atoms with Crippen molar-refractivity contribution in [3.63, 3.8) is 0 Å². The lowest BCUT2D eigenvalue weighted by Gasteiger charge is -2.40. The van der Waals surface area contributed by atoms with Crippen molar-refractivity contribution >= 4 is 16.6 Å². The molecule has 4 unspecified atom stereocenters. The van der Waals surface area contributed by atoms with Crippen molar-refractivity contribution in [3.05, 3.63) is 107 Å². The van der Waals surface area contributed by atoms with Crippen LogP contribution in [0.4, 0.5) is 0 Å². The Balaban J connectivity index is 0.000000314. The second-order valence-corrected chi connectivity index (χ2v) is 36.2. The minimum atomic E-state index is -1.64. The molecule has 2 heterocycles. The first kappa shape index (κ1) is 71.7. The Morgan fingerprint density at radius 2 is 0.733 bits per heavy atom. The number of ether oxygens (including phenoxy) is 10. The molecule has 6 rings (SSSR count). The van der Waals surface area contributed by atoms with Crippen molar-refractivity contribution in [1.82, 2.24) is 0 Å². The van der Waals surface area contributed by atoms with Crippen LogP contribution in [0.15, 0.2) is 84.9 Å². The van der Waals surface area contributed by atoms with Gasteiger partial charge < -0.3 is 56.2 Å². The highest BCUT2D eigenvalue weighted by Crippen LogP contribution is 2.49. The van der Waals surface area contributed by atoms with Crippen molar-refractivity contribution in [2.75, 3.05) is 82.0 Å². The fourth-order valence-electron chi connectivity index (χ4n) is 10.1. The number of unbranched alkanes of at least 4 members (excludes halogenated alkanes) is 12. The predicted octanol–water partition coefficient (Wildman–Crippen LogP) is 17.7. The van der Waals surface area contributed by atoms with Crippen LogP contribution in [0.2, 0.25) is 36.3 Å². The first-order valence-corrected chi connectivity index (χ1v) is 37.3. The van der Waals surface area contributed by atoms with Crippen LogP contribution in [0.25, 0.3) is 0 Å². The minimum Gasteiger partial charge on any atom is -0.492 e. The second-order valence-electron chi connectivity index (χ2n) is 26.5. The summed E-state index contributed by atoms with van der Waals surface area (Å²) in [6, 6.07) is 28.4. The molecule has 4 aromatic rings. The molecule has 0 fully saturated rings. The molecule has 4 aromatic carbocycles. The largest absolute Gasteiger partial charge is 0.492 e. The topological polar surface area (TPSA) is 111 Å². The van der Waals surface area contributed by atoms with E-state index in [-0.39, 0.29) is 59.9 Å². The van der Waals surface area contributed by atoms with E-state index in [1.54, 1.807) is 28.4 Å². The van der Waals surface area contributed by atoms with Crippen LogP contribution < -0.4 is 28.4 Å². The summed E-state index contributed by atoms with van der Waals surface area (Å²) in [5.74, 6) is 19.0. The Morgan fingerprint density at radius 1 is 0.430 bits per heavy atom. The quantitative estimate of drug-likeness (QED) is 0.0201. The summed E-state index contributed by atoms with van der Waals surface area (Å²) in [5.41, 5.74) is 3.87. The molecule has 476 valence electrons. The van der Waals surface area contributed by atoms with Gasteiger partial charge in [0.2, 0.25) is 0 Å². The molecule has 0 saturated carbocycles. The Hall–Kier alpha value is -5.01. The van der Waals surface area contributed by atoms with Gasteiger partial charge >= 0.3 is 0 Å². The molecule has 4 atom stereocenters. The zero-order valence-electron chi connectivity index (χ0n) is 55.7. The maximum atomic E-state index is 6.33. The van der Waals surface area contributed by atoms with Crippen molar-refractivity contribution in [3.8, 4) is 58.2 Å². The third kappa shape index (κ3) is 21.6. The summed E-state index contributed by atoms with van der Waals surface area (Å²) in [7, 11) is 3.22. The summed E-state index contributed by atoms with van der Waals surface area (Å²) in [4.78, 5) is 0. The number of rotatable bonds is 32. The molecule has 0 saturated heterocycles. The first-order chi connectivity index (χ1) is 41.0. The van der Waals surface area contributed by atoms with Crippen LogP contribution in [0.5, 0.6) is 34.5 Å². The molecular weight excluding hydrogens is 1110 g/mol. The maximum absolute atomic E-state index is 6.33. The van der Waals surface area contributed by atoms with Crippen LogP contribution in [-0.2, 0) is 38.6 Å². The molecular formula is C72H108O12Si2. The summed E-state index contributed by atoms with van der Waals surface area (Å²) >= 11 is 0. The van der Waals surface area contributed by atoms with E-state index in [0.29, 0.717) is 13.2 Å². The minimum absolute atomic E-state index is 0.0120. The molecule has 0 amide bonds. The molecule has 0 radical (unpaired) electrons. The first-order valence-electron chi connectivity index (χ1n) is 31.5. The van der Waals surface area contributed by atoms with Crippen LogP contribution in [-0.4, -0.2) is 98.7 Å². The van der Waals surface area contributed by atoms with Crippen LogP contribution in [0, 0.1) is 23.7 Å². The van der Waals surface area contributed by atoms with Crippen molar-refractivity contribution < 1.29 is 56.2 Å². The van der Waals surface area contributed by atoms with Gasteiger partial charge in [0.05, 0.1) is 25.0 Å². The van der Waals surface area contributed by atoms with Crippen molar-refractivity contribution in [2.24, 2.45) is 0 Å². The zero-order chi connectivity index (χ0) is 62.7. The maximum Gasteiger partial charge on any atom is 0.191 e. The van der Waals surface area contributed by atoms with E-state index in [9.17, 15) is 0 Å². The average Bonchev–Trinajstić information content (AvgIpc) is 0.800. The number of fused-ring (bicyclic) bond motifs is 2. The van der Waals surface area contributed by atoms with E-state index < -0.39 is 16.6 Å². The van der Waals surface area contributed by atoms with Gasteiger partial charge in [0, 0.05) is 88.6 Å². The van der Waals surface area contributed by atoms with Gasteiger partial charge in [0.25, 0.3) is 0 Å². The lowest BCUT2D eigenvalue weighted by molar-refractivity contribution is 0.0505. The molecule has 86 heavy (non-hydrogen) atoms. The zero-order valence-corrected chi connectivity index (χ0v) is 57.7. The third-order valence-electron chi connectivity index (χ3n) is 17.7. The van der Waals surface area contributed by atoms with E-state index in [2.05, 4.69) is 142 Å². The third-order valence-corrected chi connectivity index (χ3v) is 26.8. The van der Waals surface area contributed by atoms with E-state index in [0.717, 1.165) is 96.5 Å². The lowest BCUT2D eigenvalue weighted by atomic mass is 9.68. The van der Waals surface area contributed by atoms with Crippen LogP contribution in [0.3, 0.4) is 0 Å². The Bertz CT molecular complexity index is 2730. The Labute approximate surface area is 521 Å². The Kier molecular flexibility index (Phi) is 29.4. The van der Waals surface area contributed by atoms with Gasteiger partial charge in [-0.25, -0.2) is 0 Å². The monoisotopic (exact) mass is 1220 g/mol. The van der Waals surface area contributed by atoms with Gasteiger partial charge in [-0.15, -0.1) is 11.8 Å². The molecule has 0 aromatic heterocycles. The molecule has 2 aliphatic heterocycles. The van der Waals surface area contributed by atoms with Gasteiger partial charge in [0.1, 0.15) is 34.5 Å². The van der Waals surface area contributed by atoms with Gasteiger partial charge in [-0.2, -0.15) is 0 Å². The molecule has 14 heteroatoms. The van der Waals surface area contributed by atoms with Gasteiger partial charge in [-0.1, -0.05) is 155 Å². The summed E-state index contributed by atoms with van der Waals surface area (Å²) in [5, 5.41) is 0.561. The summed E-state index contributed by atoms with van der Waals surface area (Å²) < 4.78 is 68.1. The van der Waals surface area contributed by atoms with Crippen LogP contribution >= 0.6 is 0 Å². The summed E-state index contributed by atoms with van der Waals surface area (Å²) in [6.45, 7) is 31.3. The van der Waals surface area contributed by atoms with E-state index in [4.69, 9.17) is 56.2 Å². The number of hydrogen-bond acceptors (Lipinski definition) is 12. The molecule has 12 nitrogen and oxygen atoms in total. The fourth-order valence-corrected chi connectivity index (χ4v) is 12.2. The van der Waals surface area contributed by atoms with Gasteiger partial charge in [-0.05, 0) is 109 Å². The van der Waals surface area contributed by atoms with Crippen LogP contribution in [0.1, 0.15) is 179 Å². The summed E-state index contributed by atoms with van der Waals surface area (Å²) in [6.07, 6.45) is 16.3. The molecule has 0 bridgehead atoms. The predicted molar refractivity (Wildman–Crippen MR) is 353 cm³/mol. The highest BCUT2D eigenvalue weighted by Gasteiger charge is 2.44. The van der Waals surface area contributed by atoms with Crippen molar-refractivity contribution in [2.45, 2.75) is 204 Å². The number of benzene rings is 4. The SMILES string of the molecule is COCOc1ccc(C2(C)COc3cc(OCOC)ccc3C2C#CCCCCCCCCCO[Si](C)(C)C(C)(C)C)cc1.COCOc1ccc(C2(C)COc3cc(OCOC)ccc3C2C#CCCCCCCCO[Si](C)(C)C(C)(C)C)cc1. The van der Waals surface area contributed by atoms with E-state index >= 15 is 0 Å². The Morgan fingerprint density at radius 3 is 1.06 bits per heavy atom. The van der Waals surface area contributed by atoms with E-state index in [1.165, 1.54) is 63.4 Å². The highest BCUT2D eigenvalue weighted by atomic mass is 28.4. The molecule has 0 aliphatic carbocycles. The number of methoxy groups -OCH3 is 4. The molecule has 0 spiro atoms. The normalized spacial score (nSPS) is 18.3.